The van der Waals surface area contributed by atoms with Gasteiger partial charge in [-0.2, -0.15) is 4.98 Å². The van der Waals surface area contributed by atoms with E-state index in [1.807, 2.05) is 24.0 Å². The average Bonchev–Trinajstić information content (AvgIpc) is 3.27. The fourth-order valence-corrected chi connectivity index (χ4v) is 4.16. The second-order valence-electron chi connectivity index (χ2n) is 8.43. The van der Waals surface area contributed by atoms with E-state index >= 15 is 0 Å². The molecule has 1 N–H and O–H groups in total. The van der Waals surface area contributed by atoms with Crippen LogP contribution in [0.4, 0.5) is 22.2 Å². The Morgan fingerprint density at radius 1 is 0.906 bits per heavy atom. The summed E-state index contributed by atoms with van der Waals surface area (Å²) in [5, 5.41) is 2.95. The van der Waals surface area contributed by atoms with Gasteiger partial charge in [0, 0.05) is 75.9 Å². The number of urea groups is 1. The van der Waals surface area contributed by atoms with Gasteiger partial charge in [0.2, 0.25) is 12.7 Å². The number of ether oxygens (including phenoxy) is 2. The lowest BCUT2D eigenvalue weighted by Crippen LogP contribution is -2.50. The molecule has 2 amide bonds. The summed E-state index contributed by atoms with van der Waals surface area (Å²) < 4.78 is 10.7. The van der Waals surface area contributed by atoms with Crippen molar-refractivity contribution in [2.75, 3.05) is 81.3 Å². The molecule has 0 bridgehead atoms. The minimum absolute atomic E-state index is 0.119. The lowest BCUT2D eigenvalue weighted by atomic mass is 10.2. The van der Waals surface area contributed by atoms with Crippen LogP contribution in [0.1, 0.15) is 5.69 Å². The number of carbonyl (C=O) groups is 1. The maximum absolute atomic E-state index is 12.7. The summed E-state index contributed by atoms with van der Waals surface area (Å²) in [6.45, 7) is 8.85. The van der Waals surface area contributed by atoms with Gasteiger partial charge in [-0.3, -0.25) is 0 Å². The molecule has 0 saturated carbocycles. The highest BCUT2D eigenvalue weighted by molar-refractivity contribution is 5.90. The van der Waals surface area contributed by atoms with Gasteiger partial charge in [0.15, 0.2) is 11.5 Å². The molecule has 1 aromatic heterocycles. The third-order valence-electron chi connectivity index (χ3n) is 6.13. The Balaban J connectivity index is 1.19. The van der Waals surface area contributed by atoms with E-state index in [0.29, 0.717) is 43.4 Å². The summed E-state index contributed by atoms with van der Waals surface area (Å²) in [5.74, 6) is 3.09. The molecule has 0 spiro atoms. The number of aryl methyl sites for hydroxylation is 1. The molecule has 10 nitrogen and oxygen atoms in total. The van der Waals surface area contributed by atoms with E-state index < -0.39 is 0 Å². The quantitative estimate of drug-likeness (QED) is 0.772. The molecule has 3 aliphatic heterocycles. The predicted molar refractivity (Wildman–Crippen MR) is 122 cm³/mol. The highest BCUT2D eigenvalue weighted by Crippen LogP contribution is 2.34. The first-order valence-corrected chi connectivity index (χ1v) is 11.0. The molecule has 0 unspecified atom stereocenters. The summed E-state index contributed by atoms with van der Waals surface area (Å²) in [6, 6.07) is 7.36. The standard InChI is InChI=1S/C22H29N7O3/c1-16-13-20(27-7-5-26(2)6-8-27)25-21(23-16)28-9-11-29(12-10-28)22(30)24-17-3-4-18-19(14-17)32-15-31-18/h3-4,13-14H,5-12,15H2,1-2H3,(H,24,30). The molecule has 5 rings (SSSR count). The van der Waals surface area contributed by atoms with Gasteiger partial charge in [0.25, 0.3) is 0 Å². The molecule has 32 heavy (non-hydrogen) atoms. The summed E-state index contributed by atoms with van der Waals surface area (Å²) >= 11 is 0. The number of fused-ring (bicyclic) bond motifs is 1. The first kappa shape index (κ1) is 20.6. The molecule has 10 heteroatoms. The maximum Gasteiger partial charge on any atom is 0.321 e. The normalized spacial score (nSPS) is 18.8. The lowest BCUT2D eigenvalue weighted by Gasteiger charge is -2.36. The minimum Gasteiger partial charge on any atom is -0.454 e. The van der Waals surface area contributed by atoms with Crippen LogP contribution >= 0.6 is 0 Å². The van der Waals surface area contributed by atoms with E-state index in [2.05, 4.69) is 38.1 Å². The number of aromatic nitrogens is 2. The number of nitrogens with zero attached hydrogens (tertiary/aromatic N) is 6. The van der Waals surface area contributed by atoms with Gasteiger partial charge in [0.1, 0.15) is 5.82 Å². The summed E-state index contributed by atoms with van der Waals surface area (Å²) in [4.78, 5) is 30.9. The highest BCUT2D eigenvalue weighted by atomic mass is 16.7. The minimum atomic E-state index is -0.119. The smallest absolute Gasteiger partial charge is 0.321 e. The number of amides is 2. The molecular weight excluding hydrogens is 410 g/mol. The van der Waals surface area contributed by atoms with Gasteiger partial charge in [-0.05, 0) is 26.1 Å². The van der Waals surface area contributed by atoms with Crippen LogP contribution in [0, 0.1) is 6.92 Å². The molecule has 2 aromatic rings. The van der Waals surface area contributed by atoms with E-state index in [1.165, 1.54) is 0 Å². The van der Waals surface area contributed by atoms with Gasteiger partial charge >= 0.3 is 6.03 Å². The number of likely N-dealkylation sites (N-methyl/N-ethyl adjacent to an activating group) is 1. The van der Waals surface area contributed by atoms with Crippen molar-refractivity contribution in [1.29, 1.82) is 0 Å². The van der Waals surface area contributed by atoms with Gasteiger partial charge in [-0.25, -0.2) is 9.78 Å². The predicted octanol–water partition coefficient (Wildman–Crippen LogP) is 1.62. The Labute approximate surface area is 187 Å². The number of benzene rings is 1. The van der Waals surface area contributed by atoms with Crippen molar-refractivity contribution in [3.05, 3.63) is 30.0 Å². The van der Waals surface area contributed by atoms with E-state index in [-0.39, 0.29) is 12.8 Å². The number of nitrogens with one attached hydrogen (secondary N) is 1. The monoisotopic (exact) mass is 439 g/mol. The second-order valence-corrected chi connectivity index (χ2v) is 8.43. The van der Waals surface area contributed by atoms with E-state index in [4.69, 9.17) is 14.5 Å². The van der Waals surface area contributed by atoms with Crippen molar-refractivity contribution in [2.45, 2.75) is 6.92 Å². The van der Waals surface area contributed by atoms with Crippen LogP contribution < -0.4 is 24.6 Å². The van der Waals surface area contributed by atoms with E-state index in [1.54, 1.807) is 6.07 Å². The number of hydrogen-bond acceptors (Lipinski definition) is 8. The Bertz CT molecular complexity index is 985. The van der Waals surface area contributed by atoms with Crippen LogP contribution in [-0.2, 0) is 0 Å². The largest absolute Gasteiger partial charge is 0.454 e. The van der Waals surface area contributed by atoms with E-state index in [9.17, 15) is 4.79 Å². The SMILES string of the molecule is Cc1cc(N2CCN(C)CC2)nc(N2CCN(C(=O)Nc3ccc4c(c3)OCO4)CC2)n1. The van der Waals surface area contributed by atoms with Crippen LogP contribution in [0.3, 0.4) is 0 Å². The zero-order valence-electron chi connectivity index (χ0n) is 18.6. The highest BCUT2D eigenvalue weighted by Gasteiger charge is 2.25. The van der Waals surface area contributed by atoms with Crippen molar-refractivity contribution in [3.63, 3.8) is 0 Å². The van der Waals surface area contributed by atoms with Crippen molar-refractivity contribution < 1.29 is 14.3 Å². The molecule has 3 aliphatic rings. The van der Waals surface area contributed by atoms with Gasteiger partial charge < -0.3 is 34.4 Å². The van der Waals surface area contributed by atoms with Crippen molar-refractivity contribution in [2.24, 2.45) is 0 Å². The fraction of sp³-hybridized carbons (Fsp3) is 0.500. The van der Waals surface area contributed by atoms with Crippen LogP contribution in [0.25, 0.3) is 0 Å². The van der Waals surface area contributed by atoms with Gasteiger partial charge in [-0.1, -0.05) is 0 Å². The third kappa shape index (κ3) is 4.36. The number of hydrogen-bond donors (Lipinski definition) is 1. The molecule has 0 atom stereocenters. The van der Waals surface area contributed by atoms with Crippen molar-refractivity contribution >= 4 is 23.5 Å². The Hall–Kier alpha value is -3.27. The molecule has 2 fully saturated rings. The number of carbonyl (C=O) groups excluding carboxylic acids is 1. The summed E-state index contributed by atoms with van der Waals surface area (Å²) in [5.41, 5.74) is 1.66. The van der Waals surface area contributed by atoms with Crippen LogP contribution in [0.5, 0.6) is 11.5 Å². The fourth-order valence-electron chi connectivity index (χ4n) is 4.16. The summed E-state index contributed by atoms with van der Waals surface area (Å²) in [7, 11) is 2.15. The second kappa shape index (κ2) is 8.70. The van der Waals surface area contributed by atoms with Crippen LogP contribution in [-0.4, -0.2) is 92.0 Å². The Kier molecular flexibility index (Phi) is 5.60. The number of piperazine rings is 2. The molecule has 2 saturated heterocycles. The molecule has 4 heterocycles. The molecule has 0 radical (unpaired) electrons. The first-order valence-electron chi connectivity index (χ1n) is 11.0. The first-order chi connectivity index (χ1) is 15.5. The number of anilines is 3. The van der Waals surface area contributed by atoms with Gasteiger partial charge in [-0.15, -0.1) is 0 Å². The summed E-state index contributed by atoms with van der Waals surface area (Å²) in [6.07, 6.45) is 0. The maximum atomic E-state index is 12.7. The van der Waals surface area contributed by atoms with Gasteiger partial charge in [0.05, 0.1) is 0 Å². The van der Waals surface area contributed by atoms with E-state index in [0.717, 1.165) is 43.6 Å². The van der Waals surface area contributed by atoms with Crippen LogP contribution in [0.15, 0.2) is 24.3 Å². The Morgan fingerprint density at radius 2 is 1.62 bits per heavy atom. The molecule has 0 aliphatic carbocycles. The average molecular weight is 440 g/mol. The number of rotatable bonds is 3. The van der Waals surface area contributed by atoms with Crippen molar-refractivity contribution in [1.82, 2.24) is 19.8 Å². The molecule has 1 aromatic carbocycles. The molecular formula is C22H29N7O3. The van der Waals surface area contributed by atoms with Crippen molar-refractivity contribution in [3.8, 4) is 11.5 Å². The lowest BCUT2D eigenvalue weighted by molar-refractivity contribution is 0.174. The zero-order chi connectivity index (χ0) is 22.1. The zero-order valence-corrected chi connectivity index (χ0v) is 18.6. The Morgan fingerprint density at radius 3 is 2.41 bits per heavy atom. The topological polar surface area (TPSA) is 86.3 Å². The molecule has 170 valence electrons. The third-order valence-corrected chi connectivity index (χ3v) is 6.13. The van der Waals surface area contributed by atoms with Crippen LogP contribution in [0.2, 0.25) is 0 Å².